The fourth-order valence-corrected chi connectivity index (χ4v) is 5.99. The van der Waals surface area contributed by atoms with Gasteiger partial charge in [0.2, 0.25) is 0 Å². The number of hydrogen-bond acceptors (Lipinski definition) is 6. The molecular formula is C30H40FN5O5Si. The molecule has 1 aliphatic carbocycles. The zero-order valence-electron chi connectivity index (χ0n) is 24.8. The Bertz CT molecular complexity index is 1460. The van der Waals surface area contributed by atoms with Crippen molar-refractivity contribution in [1.82, 2.24) is 24.8 Å². The van der Waals surface area contributed by atoms with Crippen LogP contribution in [0, 0.1) is 18.7 Å². The monoisotopic (exact) mass is 597 g/mol. The van der Waals surface area contributed by atoms with Crippen molar-refractivity contribution >= 4 is 31.1 Å². The molecule has 2 aliphatic rings. The molecule has 3 aromatic rings. The van der Waals surface area contributed by atoms with Crippen molar-refractivity contribution in [1.29, 1.82) is 0 Å². The fraction of sp³-hybridized carbons (Fsp3) is 0.533. The Labute approximate surface area is 246 Å². The van der Waals surface area contributed by atoms with Gasteiger partial charge in [-0.15, -0.1) is 0 Å². The van der Waals surface area contributed by atoms with Crippen molar-refractivity contribution < 1.29 is 28.6 Å². The van der Waals surface area contributed by atoms with Gasteiger partial charge in [0.15, 0.2) is 0 Å². The molecule has 2 fully saturated rings. The summed E-state index contributed by atoms with van der Waals surface area (Å²) >= 11 is 0. The molecule has 0 radical (unpaired) electrons. The highest BCUT2D eigenvalue weighted by Gasteiger charge is 2.29. The molecule has 1 saturated heterocycles. The van der Waals surface area contributed by atoms with Crippen molar-refractivity contribution in [3.05, 3.63) is 41.6 Å². The Morgan fingerprint density at radius 2 is 1.88 bits per heavy atom. The first kappa shape index (κ1) is 30.0. The Hall–Kier alpha value is -3.51. The third-order valence-corrected chi connectivity index (χ3v) is 9.71. The normalized spacial score (nSPS) is 16.2. The molecule has 226 valence electrons. The number of hydrogen-bond donors (Lipinski definition) is 2. The van der Waals surface area contributed by atoms with Crippen LogP contribution >= 0.6 is 0 Å². The van der Waals surface area contributed by atoms with Crippen LogP contribution in [-0.2, 0) is 11.5 Å². The van der Waals surface area contributed by atoms with Gasteiger partial charge in [0.25, 0.3) is 5.91 Å². The molecule has 0 spiro atoms. The Kier molecular flexibility index (Phi) is 8.83. The molecule has 0 bridgehead atoms. The molecule has 5 rings (SSSR count). The van der Waals surface area contributed by atoms with Gasteiger partial charge in [-0.2, -0.15) is 0 Å². The van der Waals surface area contributed by atoms with E-state index in [0.29, 0.717) is 84.4 Å². The molecule has 1 aromatic carbocycles. The second kappa shape index (κ2) is 12.4. The lowest BCUT2D eigenvalue weighted by Crippen LogP contribution is -2.46. The van der Waals surface area contributed by atoms with E-state index in [1.54, 1.807) is 6.07 Å². The number of benzene rings is 1. The molecular weight excluding hydrogens is 557 g/mol. The second-order valence-electron chi connectivity index (χ2n) is 12.6. The van der Waals surface area contributed by atoms with Gasteiger partial charge in [-0.25, -0.2) is 19.2 Å². The van der Waals surface area contributed by atoms with E-state index in [2.05, 4.69) is 34.9 Å². The summed E-state index contributed by atoms with van der Waals surface area (Å²) in [7, 11) is -1.32. The number of rotatable bonds is 11. The average Bonchev–Trinajstić information content (AvgIpc) is 3.72. The molecule has 10 nitrogen and oxygen atoms in total. The largest absolute Gasteiger partial charge is 0.492 e. The summed E-state index contributed by atoms with van der Waals surface area (Å²) in [5.41, 5.74) is 3.37. The summed E-state index contributed by atoms with van der Waals surface area (Å²) in [6, 6.07) is 5.27. The number of carbonyl (C=O) groups is 2. The number of fused-ring (bicyclic) bond motifs is 1. The number of aromatic nitrogens is 3. The average molecular weight is 598 g/mol. The first-order chi connectivity index (χ1) is 20.0. The van der Waals surface area contributed by atoms with Crippen LogP contribution in [0.3, 0.4) is 0 Å². The van der Waals surface area contributed by atoms with E-state index in [0.717, 1.165) is 18.9 Å². The molecule has 2 N–H and O–H groups in total. The number of amides is 2. The molecule has 0 atom stereocenters. The van der Waals surface area contributed by atoms with E-state index in [1.807, 2.05) is 11.5 Å². The number of likely N-dealkylation sites (tertiary alicyclic amines) is 1. The highest BCUT2D eigenvalue weighted by atomic mass is 28.3. The van der Waals surface area contributed by atoms with Crippen LogP contribution in [0.2, 0.25) is 25.7 Å². The molecule has 0 unspecified atom stereocenters. The predicted octanol–water partition coefficient (Wildman–Crippen LogP) is 5.52. The number of halogens is 1. The highest BCUT2D eigenvalue weighted by molar-refractivity contribution is 6.76. The first-order valence-corrected chi connectivity index (χ1v) is 18.4. The van der Waals surface area contributed by atoms with Crippen molar-refractivity contribution in [2.24, 2.45) is 5.92 Å². The fourth-order valence-electron chi connectivity index (χ4n) is 5.23. The van der Waals surface area contributed by atoms with Crippen molar-refractivity contribution in [2.45, 2.75) is 71.1 Å². The summed E-state index contributed by atoms with van der Waals surface area (Å²) < 4.78 is 28.5. The number of carbonyl (C=O) groups excluding carboxylic acids is 1. The van der Waals surface area contributed by atoms with E-state index in [1.165, 1.54) is 23.4 Å². The smallest absolute Gasteiger partial charge is 0.407 e. The van der Waals surface area contributed by atoms with Crippen LogP contribution in [-0.4, -0.2) is 77.0 Å². The minimum atomic E-state index is -1.32. The lowest BCUT2D eigenvalue weighted by molar-refractivity contribution is 0.0874. The molecule has 1 saturated carbocycles. The summed E-state index contributed by atoms with van der Waals surface area (Å²) in [6.07, 6.45) is 3.75. The Balaban J connectivity index is 1.51. The second-order valence-corrected chi connectivity index (χ2v) is 18.2. The van der Waals surface area contributed by atoms with Gasteiger partial charge in [-0.05, 0) is 56.7 Å². The van der Waals surface area contributed by atoms with Gasteiger partial charge in [-0.3, -0.25) is 4.79 Å². The van der Waals surface area contributed by atoms with Gasteiger partial charge >= 0.3 is 6.09 Å². The highest BCUT2D eigenvalue weighted by Crippen LogP contribution is 2.38. The van der Waals surface area contributed by atoms with Crippen LogP contribution < -0.4 is 10.1 Å². The number of piperidine rings is 1. The van der Waals surface area contributed by atoms with Crippen molar-refractivity contribution in [2.75, 3.05) is 26.3 Å². The minimum Gasteiger partial charge on any atom is -0.492 e. The van der Waals surface area contributed by atoms with Gasteiger partial charge < -0.3 is 29.4 Å². The molecule has 12 heteroatoms. The van der Waals surface area contributed by atoms with Crippen LogP contribution in [0.5, 0.6) is 5.75 Å². The molecule has 2 amide bonds. The van der Waals surface area contributed by atoms with E-state index in [-0.39, 0.29) is 18.7 Å². The Morgan fingerprint density at radius 1 is 1.14 bits per heavy atom. The molecule has 1 aliphatic heterocycles. The summed E-state index contributed by atoms with van der Waals surface area (Å²) in [5, 5.41) is 12.4. The third kappa shape index (κ3) is 6.92. The van der Waals surface area contributed by atoms with E-state index in [9.17, 15) is 19.1 Å². The quantitative estimate of drug-likeness (QED) is 0.221. The first-order valence-electron chi connectivity index (χ1n) is 14.6. The third-order valence-electron chi connectivity index (χ3n) is 8.01. The lowest BCUT2D eigenvalue weighted by atomic mass is 10.0. The predicted molar refractivity (Wildman–Crippen MR) is 160 cm³/mol. The molecule has 2 aromatic heterocycles. The SMILES string of the molecule is Cc1c(C(=O)NC2CCN(C(=O)O)CC2)c2ncnc(-c3ccc(F)cc3OCC3CC3)c2n1COCC[Si](C)(C)C. The minimum absolute atomic E-state index is 0.153. The van der Waals surface area contributed by atoms with Gasteiger partial charge in [0.05, 0.1) is 17.7 Å². The lowest BCUT2D eigenvalue weighted by Gasteiger charge is -2.30. The topological polar surface area (TPSA) is 119 Å². The molecule has 42 heavy (non-hydrogen) atoms. The maximum absolute atomic E-state index is 14.3. The van der Waals surface area contributed by atoms with Gasteiger partial charge in [0.1, 0.15) is 35.8 Å². The summed E-state index contributed by atoms with van der Waals surface area (Å²) in [4.78, 5) is 35.6. The van der Waals surface area contributed by atoms with Crippen molar-refractivity contribution in [3.63, 3.8) is 0 Å². The van der Waals surface area contributed by atoms with Gasteiger partial charge in [-0.1, -0.05) is 19.6 Å². The summed E-state index contributed by atoms with van der Waals surface area (Å²) in [5.74, 6) is 0.212. The number of carboxylic acid groups (broad SMARTS) is 1. The zero-order valence-corrected chi connectivity index (χ0v) is 25.8. The molecule has 3 heterocycles. The van der Waals surface area contributed by atoms with Crippen LogP contribution in [0.15, 0.2) is 24.5 Å². The number of ether oxygens (including phenoxy) is 2. The standard InChI is InChI=1S/C30H40FN5O5Si/c1-19-25(29(37)34-22-9-11-35(12-10-22)30(38)39)27-28(36(19)18-40-13-14-42(2,3)4)26(32-17-33-27)23-8-7-21(31)15-24(23)41-16-20-5-6-20/h7-8,15,17,20,22H,5-6,9-14,16,18H2,1-4H3,(H,34,37)(H,38,39). The van der Waals surface area contributed by atoms with E-state index < -0.39 is 20.0 Å². The number of nitrogens with zero attached hydrogens (tertiary/aromatic N) is 4. The van der Waals surface area contributed by atoms with Gasteiger partial charge in [0, 0.05) is 51.1 Å². The maximum atomic E-state index is 14.3. The van der Waals surface area contributed by atoms with Crippen LogP contribution in [0.25, 0.3) is 22.3 Å². The van der Waals surface area contributed by atoms with E-state index >= 15 is 0 Å². The Morgan fingerprint density at radius 3 is 2.55 bits per heavy atom. The number of nitrogens with one attached hydrogen (secondary N) is 1. The van der Waals surface area contributed by atoms with Crippen LogP contribution in [0.4, 0.5) is 9.18 Å². The van der Waals surface area contributed by atoms with E-state index in [4.69, 9.17) is 9.47 Å². The zero-order chi connectivity index (χ0) is 30.0. The maximum Gasteiger partial charge on any atom is 0.407 e. The van der Waals surface area contributed by atoms with Crippen LogP contribution in [0.1, 0.15) is 41.7 Å². The summed E-state index contributed by atoms with van der Waals surface area (Å²) in [6.45, 7) is 10.8. The van der Waals surface area contributed by atoms with Crippen molar-refractivity contribution in [3.8, 4) is 17.0 Å².